The van der Waals surface area contributed by atoms with Crippen LogP contribution in [0, 0.1) is 0 Å². The average molecular weight is 197 g/mol. The van der Waals surface area contributed by atoms with Crippen molar-refractivity contribution in [1.82, 2.24) is 5.32 Å². The van der Waals surface area contributed by atoms with Crippen LogP contribution in [0.3, 0.4) is 0 Å². The fraction of sp³-hybridized carbons (Fsp3) is 0.300. The number of benzene rings is 1. The summed E-state index contributed by atoms with van der Waals surface area (Å²) in [5, 5.41) is 3.04. The van der Waals surface area contributed by atoms with Gasteiger partial charge in [-0.05, 0) is 18.1 Å². The van der Waals surface area contributed by atoms with Crippen LogP contribution in [0.15, 0.2) is 24.3 Å². The van der Waals surface area contributed by atoms with Crippen molar-refractivity contribution in [3.63, 3.8) is 0 Å². The van der Waals surface area contributed by atoms with Crippen molar-refractivity contribution < 1.29 is 4.39 Å². The zero-order valence-electron chi connectivity index (χ0n) is 7.51. The van der Waals surface area contributed by atoms with E-state index < -0.39 is 6.67 Å². The lowest BCUT2D eigenvalue weighted by Gasteiger charge is -2.04. The predicted molar refractivity (Wildman–Crippen MR) is 56.4 cm³/mol. The molecule has 0 heterocycles. The highest BCUT2D eigenvalue weighted by molar-refractivity contribution is 7.80. The summed E-state index contributed by atoms with van der Waals surface area (Å²) >= 11 is 4.87. The minimum absolute atomic E-state index is 0.403. The lowest BCUT2D eigenvalue weighted by Crippen LogP contribution is -2.16. The molecule has 13 heavy (non-hydrogen) atoms. The van der Waals surface area contributed by atoms with Crippen LogP contribution in [0.25, 0.3) is 0 Å². The van der Waals surface area contributed by atoms with E-state index in [2.05, 4.69) is 5.32 Å². The Labute approximate surface area is 83.0 Å². The first kappa shape index (κ1) is 10.1. The Balaban J connectivity index is 2.54. The zero-order chi connectivity index (χ0) is 9.68. The van der Waals surface area contributed by atoms with Gasteiger partial charge < -0.3 is 5.32 Å². The molecule has 1 N–H and O–H groups in total. The SMILES string of the molecule is CC(=S)NCc1ccc(CF)cc1. The van der Waals surface area contributed by atoms with Gasteiger partial charge in [-0.3, -0.25) is 0 Å². The molecule has 1 aromatic carbocycles. The molecule has 0 fully saturated rings. The Morgan fingerprint density at radius 3 is 2.31 bits per heavy atom. The molecule has 0 unspecified atom stereocenters. The number of hydrogen-bond donors (Lipinski definition) is 1. The van der Waals surface area contributed by atoms with E-state index in [1.165, 1.54) is 0 Å². The smallest absolute Gasteiger partial charge is 0.115 e. The van der Waals surface area contributed by atoms with E-state index in [-0.39, 0.29) is 0 Å². The number of rotatable bonds is 3. The highest BCUT2D eigenvalue weighted by Gasteiger charge is 1.93. The summed E-state index contributed by atoms with van der Waals surface area (Å²) in [7, 11) is 0. The van der Waals surface area contributed by atoms with Gasteiger partial charge in [0.1, 0.15) is 6.67 Å². The lowest BCUT2D eigenvalue weighted by molar-refractivity contribution is 0.485. The van der Waals surface area contributed by atoms with Crippen LogP contribution in [0.2, 0.25) is 0 Å². The molecule has 0 spiro atoms. The van der Waals surface area contributed by atoms with E-state index in [1.54, 1.807) is 12.1 Å². The standard InChI is InChI=1S/C10H12FNS/c1-8(13)12-7-10-4-2-9(6-11)3-5-10/h2-5H,6-7H2,1H3,(H,12,13). The van der Waals surface area contributed by atoms with Crippen molar-refractivity contribution in [2.45, 2.75) is 20.1 Å². The summed E-state index contributed by atoms with van der Waals surface area (Å²) in [4.78, 5) is 0.773. The molecule has 0 radical (unpaired) electrons. The van der Waals surface area contributed by atoms with Crippen LogP contribution in [-0.2, 0) is 13.2 Å². The summed E-state index contributed by atoms with van der Waals surface area (Å²) < 4.78 is 12.1. The molecule has 1 nitrogen and oxygen atoms in total. The van der Waals surface area contributed by atoms with Crippen LogP contribution in [0.5, 0.6) is 0 Å². The third-order valence-electron chi connectivity index (χ3n) is 1.72. The maximum atomic E-state index is 12.1. The van der Waals surface area contributed by atoms with E-state index in [4.69, 9.17) is 12.2 Å². The van der Waals surface area contributed by atoms with E-state index in [9.17, 15) is 4.39 Å². The Morgan fingerprint density at radius 2 is 1.85 bits per heavy atom. The van der Waals surface area contributed by atoms with Gasteiger partial charge in [0.2, 0.25) is 0 Å². The monoisotopic (exact) mass is 197 g/mol. The highest BCUT2D eigenvalue weighted by Crippen LogP contribution is 2.05. The second kappa shape index (κ2) is 4.92. The fourth-order valence-electron chi connectivity index (χ4n) is 0.973. The molecular weight excluding hydrogens is 185 g/mol. The van der Waals surface area contributed by atoms with Crippen LogP contribution in [-0.4, -0.2) is 4.99 Å². The molecule has 0 aromatic heterocycles. The van der Waals surface area contributed by atoms with Crippen molar-refractivity contribution in [1.29, 1.82) is 0 Å². The Kier molecular flexibility index (Phi) is 3.83. The number of alkyl halides is 1. The summed E-state index contributed by atoms with van der Waals surface area (Å²) in [5.41, 5.74) is 1.82. The van der Waals surface area contributed by atoms with Gasteiger partial charge >= 0.3 is 0 Å². The van der Waals surface area contributed by atoms with Gasteiger partial charge in [-0.2, -0.15) is 0 Å². The van der Waals surface area contributed by atoms with Gasteiger partial charge in [0.05, 0.1) is 4.99 Å². The third kappa shape index (κ3) is 3.51. The molecule has 0 aliphatic heterocycles. The quantitative estimate of drug-likeness (QED) is 0.747. The van der Waals surface area contributed by atoms with E-state index in [1.807, 2.05) is 19.1 Å². The molecule has 1 rings (SSSR count). The van der Waals surface area contributed by atoms with Crippen molar-refractivity contribution in [3.8, 4) is 0 Å². The summed E-state index contributed by atoms with van der Waals surface area (Å²) in [6.07, 6.45) is 0. The Bertz CT molecular complexity index is 281. The maximum absolute atomic E-state index is 12.1. The molecular formula is C10H12FNS. The van der Waals surface area contributed by atoms with E-state index in [0.717, 1.165) is 10.6 Å². The minimum atomic E-state index is -0.403. The molecule has 1 aromatic rings. The lowest BCUT2D eigenvalue weighted by atomic mass is 10.1. The average Bonchev–Trinajstić information content (AvgIpc) is 2.15. The molecule has 0 amide bonds. The summed E-state index contributed by atoms with van der Waals surface area (Å²) in [6.45, 7) is 2.15. The van der Waals surface area contributed by atoms with E-state index in [0.29, 0.717) is 12.1 Å². The second-order valence-corrected chi connectivity index (χ2v) is 3.47. The van der Waals surface area contributed by atoms with Gasteiger partial charge in [-0.15, -0.1) is 0 Å². The molecule has 0 aliphatic rings. The summed E-state index contributed by atoms with van der Waals surface area (Å²) in [6, 6.07) is 7.38. The van der Waals surface area contributed by atoms with Gasteiger partial charge in [0.15, 0.2) is 0 Å². The molecule has 0 saturated heterocycles. The zero-order valence-corrected chi connectivity index (χ0v) is 8.33. The minimum Gasteiger partial charge on any atom is -0.376 e. The van der Waals surface area contributed by atoms with Crippen molar-refractivity contribution in [3.05, 3.63) is 35.4 Å². The third-order valence-corrected chi connectivity index (χ3v) is 1.86. The van der Waals surface area contributed by atoms with E-state index >= 15 is 0 Å². The topological polar surface area (TPSA) is 12.0 Å². The Hall–Kier alpha value is -0.960. The van der Waals surface area contributed by atoms with Gasteiger partial charge in [-0.1, -0.05) is 36.5 Å². The molecule has 0 atom stereocenters. The molecule has 0 bridgehead atoms. The fourth-order valence-corrected chi connectivity index (χ4v) is 1.04. The Morgan fingerprint density at radius 1 is 1.31 bits per heavy atom. The second-order valence-electron chi connectivity index (χ2n) is 2.86. The van der Waals surface area contributed by atoms with Crippen molar-refractivity contribution >= 4 is 17.2 Å². The van der Waals surface area contributed by atoms with Crippen LogP contribution >= 0.6 is 12.2 Å². The number of nitrogens with one attached hydrogen (secondary N) is 1. The van der Waals surface area contributed by atoms with Crippen LogP contribution < -0.4 is 5.32 Å². The number of hydrogen-bond acceptors (Lipinski definition) is 1. The predicted octanol–water partition coefficient (Wildman–Crippen LogP) is 2.59. The first-order chi connectivity index (χ1) is 6.22. The molecule has 3 heteroatoms. The maximum Gasteiger partial charge on any atom is 0.115 e. The summed E-state index contributed by atoms with van der Waals surface area (Å²) in [5.74, 6) is 0. The van der Waals surface area contributed by atoms with Gasteiger partial charge in [0.25, 0.3) is 0 Å². The molecule has 70 valence electrons. The van der Waals surface area contributed by atoms with Crippen molar-refractivity contribution in [2.24, 2.45) is 0 Å². The number of halogens is 1. The first-order valence-corrected chi connectivity index (χ1v) is 4.51. The largest absolute Gasteiger partial charge is 0.376 e. The van der Waals surface area contributed by atoms with Crippen LogP contribution in [0.1, 0.15) is 18.1 Å². The number of thiocarbonyl (C=S) groups is 1. The van der Waals surface area contributed by atoms with Gasteiger partial charge in [0, 0.05) is 6.54 Å². The molecule has 0 aliphatic carbocycles. The van der Waals surface area contributed by atoms with Gasteiger partial charge in [-0.25, -0.2) is 4.39 Å². The van der Waals surface area contributed by atoms with Crippen LogP contribution in [0.4, 0.5) is 4.39 Å². The highest BCUT2D eigenvalue weighted by atomic mass is 32.1. The molecule has 0 saturated carbocycles. The normalized spacial score (nSPS) is 9.69. The van der Waals surface area contributed by atoms with Crippen molar-refractivity contribution in [2.75, 3.05) is 0 Å². The first-order valence-electron chi connectivity index (χ1n) is 4.10.